The molecule has 1 saturated carbocycles. The van der Waals surface area contributed by atoms with Gasteiger partial charge in [0, 0.05) is 11.6 Å². The molecule has 0 amide bonds. The summed E-state index contributed by atoms with van der Waals surface area (Å²) in [5, 5.41) is 2.88. The summed E-state index contributed by atoms with van der Waals surface area (Å²) in [4.78, 5) is 4.44. The van der Waals surface area contributed by atoms with Crippen molar-refractivity contribution in [2.24, 2.45) is 10.7 Å². The maximum Gasteiger partial charge on any atom is 0.573 e. The van der Waals surface area contributed by atoms with Gasteiger partial charge in [-0.25, -0.2) is 4.99 Å². The van der Waals surface area contributed by atoms with Crippen LogP contribution in [0.1, 0.15) is 23.5 Å². The third-order valence-corrected chi connectivity index (χ3v) is 4.01. The van der Waals surface area contributed by atoms with Crippen molar-refractivity contribution in [2.75, 3.05) is 5.32 Å². The number of aryl methyl sites for hydroxylation is 1. The summed E-state index contributed by atoms with van der Waals surface area (Å²) in [5.74, 6) is 0.324. The lowest BCUT2D eigenvalue weighted by atomic mass is 10.0. The van der Waals surface area contributed by atoms with Crippen LogP contribution in [-0.4, -0.2) is 18.4 Å². The van der Waals surface area contributed by atoms with Crippen LogP contribution >= 0.6 is 24.0 Å². The molecule has 26 heavy (non-hydrogen) atoms. The second kappa shape index (κ2) is 8.15. The topological polar surface area (TPSA) is 59.6 Å². The summed E-state index contributed by atoms with van der Waals surface area (Å²) < 4.78 is 40.2. The minimum absolute atomic E-state index is 0. The molecule has 2 aromatic carbocycles. The average molecular weight is 477 g/mol. The number of halogens is 4. The lowest BCUT2D eigenvalue weighted by molar-refractivity contribution is -0.274. The molecule has 8 heteroatoms. The van der Waals surface area contributed by atoms with Gasteiger partial charge in [-0.3, -0.25) is 0 Å². The van der Waals surface area contributed by atoms with Gasteiger partial charge in [0.2, 0.25) is 0 Å². The Morgan fingerprint density at radius 2 is 1.81 bits per heavy atom. The van der Waals surface area contributed by atoms with E-state index in [1.807, 2.05) is 12.1 Å². The maximum atomic E-state index is 12.1. The minimum atomic E-state index is -4.70. The van der Waals surface area contributed by atoms with Crippen LogP contribution in [-0.2, 0) is 0 Å². The molecule has 0 aliphatic heterocycles. The quantitative estimate of drug-likeness (QED) is 0.378. The van der Waals surface area contributed by atoms with Crippen molar-refractivity contribution in [1.82, 2.24) is 0 Å². The van der Waals surface area contributed by atoms with Gasteiger partial charge in [0.1, 0.15) is 5.75 Å². The molecule has 0 bridgehead atoms. The van der Waals surface area contributed by atoms with E-state index in [1.54, 1.807) is 0 Å². The van der Waals surface area contributed by atoms with Gasteiger partial charge >= 0.3 is 6.36 Å². The summed E-state index contributed by atoms with van der Waals surface area (Å²) in [7, 11) is 0. The molecule has 0 heterocycles. The summed E-state index contributed by atoms with van der Waals surface area (Å²) in [6.07, 6.45) is -3.77. The molecule has 2 atom stereocenters. The first kappa shape index (κ1) is 20.3. The number of rotatable bonds is 4. The Balaban J connectivity index is 0.00000243. The predicted molar refractivity (Wildman–Crippen MR) is 106 cm³/mol. The lowest BCUT2D eigenvalue weighted by Gasteiger charge is -2.10. The molecule has 3 N–H and O–H groups in total. The largest absolute Gasteiger partial charge is 0.573 e. The average Bonchev–Trinajstić information content (AvgIpc) is 3.27. The molecule has 1 aliphatic rings. The lowest BCUT2D eigenvalue weighted by Crippen LogP contribution is -2.23. The van der Waals surface area contributed by atoms with Crippen LogP contribution in [0.5, 0.6) is 5.75 Å². The number of hydrogen-bond acceptors (Lipinski definition) is 2. The summed E-state index contributed by atoms with van der Waals surface area (Å²) in [6, 6.07) is 13.6. The molecule has 1 aliphatic carbocycles. The van der Waals surface area contributed by atoms with E-state index in [0.29, 0.717) is 11.6 Å². The highest BCUT2D eigenvalue weighted by Gasteiger charge is 2.39. The molecule has 0 aromatic heterocycles. The maximum absolute atomic E-state index is 12.1. The zero-order valence-electron chi connectivity index (χ0n) is 14.0. The first-order valence-corrected chi connectivity index (χ1v) is 7.83. The molecule has 0 spiro atoms. The van der Waals surface area contributed by atoms with E-state index in [2.05, 4.69) is 34.1 Å². The van der Waals surface area contributed by atoms with Crippen molar-refractivity contribution in [3.05, 3.63) is 59.7 Å². The fourth-order valence-corrected chi connectivity index (χ4v) is 2.76. The third-order valence-electron chi connectivity index (χ3n) is 4.01. The molecule has 1 fully saturated rings. The van der Waals surface area contributed by atoms with Crippen LogP contribution in [0.2, 0.25) is 0 Å². The van der Waals surface area contributed by atoms with E-state index in [9.17, 15) is 13.2 Å². The van der Waals surface area contributed by atoms with E-state index in [-0.39, 0.29) is 41.7 Å². The zero-order valence-corrected chi connectivity index (χ0v) is 16.3. The fourth-order valence-electron chi connectivity index (χ4n) is 2.76. The van der Waals surface area contributed by atoms with Crippen LogP contribution in [0.4, 0.5) is 18.9 Å². The van der Waals surface area contributed by atoms with E-state index in [0.717, 1.165) is 6.42 Å². The Morgan fingerprint density at radius 3 is 2.42 bits per heavy atom. The predicted octanol–water partition coefficient (Wildman–Crippen LogP) is 4.79. The summed E-state index contributed by atoms with van der Waals surface area (Å²) >= 11 is 0. The Morgan fingerprint density at radius 1 is 1.15 bits per heavy atom. The minimum Gasteiger partial charge on any atom is -0.406 e. The first-order valence-electron chi connectivity index (χ1n) is 7.83. The number of nitrogens with zero attached hydrogens (tertiary/aromatic N) is 1. The normalized spacial score (nSPS) is 19.5. The number of nitrogens with one attached hydrogen (secondary N) is 1. The first-order chi connectivity index (χ1) is 11.8. The van der Waals surface area contributed by atoms with Crippen LogP contribution in [0.15, 0.2) is 53.5 Å². The molecule has 0 saturated heterocycles. The third kappa shape index (κ3) is 5.52. The second-order valence-corrected chi connectivity index (χ2v) is 5.98. The van der Waals surface area contributed by atoms with Crippen molar-refractivity contribution in [3.63, 3.8) is 0 Å². The van der Waals surface area contributed by atoms with Gasteiger partial charge in [-0.1, -0.05) is 24.3 Å². The smallest absolute Gasteiger partial charge is 0.406 e. The van der Waals surface area contributed by atoms with Gasteiger partial charge in [0.25, 0.3) is 0 Å². The van der Waals surface area contributed by atoms with Gasteiger partial charge in [-0.15, -0.1) is 37.1 Å². The van der Waals surface area contributed by atoms with Gasteiger partial charge < -0.3 is 15.8 Å². The molecular formula is C18H19F3IN3O. The van der Waals surface area contributed by atoms with Crippen LogP contribution < -0.4 is 15.8 Å². The van der Waals surface area contributed by atoms with Crippen LogP contribution in [0.3, 0.4) is 0 Å². The number of hydrogen-bond donors (Lipinski definition) is 2. The van der Waals surface area contributed by atoms with Crippen LogP contribution in [0.25, 0.3) is 0 Å². The van der Waals surface area contributed by atoms with Gasteiger partial charge in [0.05, 0.1) is 6.04 Å². The summed E-state index contributed by atoms with van der Waals surface area (Å²) in [6.45, 7) is 2.07. The Hall–Kier alpha value is -1.97. The molecule has 0 radical (unpaired) electrons. The SMILES string of the molecule is Cc1ccccc1C1CC1N=C(N)Nc1ccc(OC(F)(F)F)cc1.I. The molecular weight excluding hydrogens is 458 g/mol. The van der Waals surface area contributed by atoms with E-state index < -0.39 is 6.36 Å². The van der Waals surface area contributed by atoms with Crippen molar-refractivity contribution in [1.29, 1.82) is 0 Å². The van der Waals surface area contributed by atoms with E-state index in [4.69, 9.17) is 5.73 Å². The van der Waals surface area contributed by atoms with Gasteiger partial charge in [-0.05, 0) is 48.7 Å². The number of aliphatic imine (C=N–C) groups is 1. The number of benzene rings is 2. The highest BCUT2D eigenvalue weighted by molar-refractivity contribution is 14.0. The highest BCUT2D eigenvalue weighted by Crippen LogP contribution is 2.44. The monoisotopic (exact) mass is 477 g/mol. The number of alkyl halides is 3. The van der Waals surface area contributed by atoms with Crippen LogP contribution in [0, 0.1) is 6.92 Å². The standard InChI is InChI=1S/C18H18F3N3O.HI/c1-11-4-2-3-5-14(11)15-10-16(15)24-17(22)23-12-6-8-13(9-7-12)25-18(19,20)21;/h2-9,15-16H,10H2,1H3,(H3,22,23,24);1H. The van der Waals surface area contributed by atoms with Gasteiger partial charge in [-0.2, -0.15) is 0 Å². The Bertz CT molecular complexity index is 778. The Labute approximate surface area is 166 Å². The van der Waals surface area contributed by atoms with Crippen molar-refractivity contribution >= 4 is 35.6 Å². The number of anilines is 1. The molecule has 2 aromatic rings. The van der Waals surface area contributed by atoms with Crippen molar-refractivity contribution in [3.8, 4) is 5.75 Å². The number of nitrogens with two attached hydrogens (primary N) is 1. The Kier molecular flexibility index (Phi) is 6.38. The number of ether oxygens (including phenoxy) is 1. The van der Waals surface area contributed by atoms with Crippen molar-refractivity contribution in [2.45, 2.75) is 31.7 Å². The highest BCUT2D eigenvalue weighted by atomic mass is 127. The van der Waals surface area contributed by atoms with E-state index >= 15 is 0 Å². The number of guanidine groups is 1. The van der Waals surface area contributed by atoms with Crippen molar-refractivity contribution < 1.29 is 17.9 Å². The molecule has 3 rings (SSSR count). The zero-order chi connectivity index (χ0) is 18.0. The fraction of sp³-hybridized carbons (Fsp3) is 0.278. The summed E-state index contributed by atoms with van der Waals surface area (Å²) in [5.41, 5.74) is 8.95. The molecule has 2 unspecified atom stereocenters. The molecule has 4 nitrogen and oxygen atoms in total. The molecule has 140 valence electrons. The van der Waals surface area contributed by atoms with E-state index in [1.165, 1.54) is 35.4 Å². The second-order valence-electron chi connectivity index (χ2n) is 5.98. The van der Waals surface area contributed by atoms with Gasteiger partial charge in [0.15, 0.2) is 5.96 Å².